The van der Waals surface area contributed by atoms with E-state index in [0.717, 1.165) is 4.31 Å². The second-order valence-electron chi connectivity index (χ2n) is 7.15. The minimum Gasteiger partial charge on any atom is -0.382 e. The quantitative estimate of drug-likeness (QED) is 0.413. The average molecular weight is 455 g/mol. The first-order chi connectivity index (χ1) is 15.3. The molecule has 11 nitrogen and oxygen atoms in total. The average Bonchev–Trinajstić information content (AvgIpc) is 3.13. The lowest BCUT2D eigenvalue weighted by Crippen LogP contribution is -2.43. The number of fused-ring (bicyclic) bond motifs is 2. The van der Waals surface area contributed by atoms with Crippen LogP contribution >= 0.6 is 0 Å². The molecule has 164 valence electrons. The summed E-state index contributed by atoms with van der Waals surface area (Å²) in [7, 11) is -4.04. The van der Waals surface area contributed by atoms with Gasteiger partial charge in [-0.3, -0.25) is 0 Å². The zero-order valence-electron chi connectivity index (χ0n) is 16.6. The molecule has 0 amide bonds. The van der Waals surface area contributed by atoms with E-state index in [4.69, 9.17) is 10.9 Å². The summed E-state index contributed by atoms with van der Waals surface area (Å²) in [6.45, 7) is 0.546. The fourth-order valence-electron chi connectivity index (χ4n) is 3.66. The minimum absolute atomic E-state index is 0.0630. The molecule has 5 N–H and O–H groups in total. The van der Waals surface area contributed by atoms with E-state index in [2.05, 4.69) is 25.4 Å². The van der Waals surface area contributed by atoms with Crippen molar-refractivity contribution in [1.29, 1.82) is 0 Å². The first-order valence-corrected chi connectivity index (χ1v) is 11.1. The van der Waals surface area contributed by atoms with Crippen molar-refractivity contribution in [3.05, 3.63) is 54.0 Å². The van der Waals surface area contributed by atoms with Crippen LogP contribution in [0.3, 0.4) is 0 Å². The van der Waals surface area contributed by atoms with Gasteiger partial charge >= 0.3 is 0 Å². The number of nitrogens with zero attached hydrogens (tertiary/aromatic N) is 6. The van der Waals surface area contributed by atoms with Crippen molar-refractivity contribution in [3.63, 3.8) is 0 Å². The number of nitrogen functional groups attached to an aromatic ring is 1. The van der Waals surface area contributed by atoms with Gasteiger partial charge in [-0.25, -0.2) is 33.5 Å². The molecule has 13 heteroatoms. The highest BCUT2D eigenvalue weighted by Gasteiger charge is 2.30. The monoisotopic (exact) mass is 455 g/mol. The fourth-order valence-corrected chi connectivity index (χ4v) is 4.44. The fraction of sp³-hybridized carbons (Fsp3) is 0.158. The summed E-state index contributed by atoms with van der Waals surface area (Å²) in [5.74, 6) is -0.00844. The predicted molar refractivity (Wildman–Crippen MR) is 117 cm³/mol. The maximum Gasteiger partial charge on any atom is 0.299 e. The third kappa shape index (κ3) is 3.36. The lowest BCUT2D eigenvalue weighted by Gasteiger charge is -2.29. The summed E-state index contributed by atoms with van der Waals surface area (Å²) in [5.41, 5.74) is 7.55. The molecule has 0 aliphatic carbocycles. The maximum absolute atomic E-state index is 14.2. The minimum atomic E-state index is -4.04. The van der Waals surface area contributed by atoms with Crippen LogP contribution in [0.1, 0.15) is 5.56 Å². The zero-order valence-corrected chi connectivity index (χ0v) is 17.4. The number of anilines is 3. The molecule has 3 aromatic heterocycles. The van der Waals surface area contributed by atoms with Gasteiger partial charge in [0.25, 0.3) is 10.2 Å². The Morgan fingerprint density at radius 2 is 1.97 bits per heavy atom. The SMILES string of the molecule is Nc1nc(-c2nn(Cc3ccccc3F)c3ncccc23)nc2c1N(S(N)(=O)=O)CCN2. The van der Waals surface area contributed by atoms with Crippen LogP contribution in [0.2, 0.25) is 0 Å². The summed E-state index contributed by atoms with van der Waals surface area (Å²) < 4.78 is 40.6. The molecule has 4 heterocycles. The number of nitrogens with one attached hydrogen (secondary N) is 1. The van der Waals surface area contributed by atoms with Crippen molar-refractivity contribution in [2.45, 2.75) is 6.54 Å². The standard InChI is InChI=1S/C19H18FN9O2S/c20-13-6-2-1-4-11(13)10-28-19-12(5-3-7-24-19)14(27-28)17-25-16(21)15-18(26-17)23-8-9-29(15)32(22,30)31/h1-7H,8-10H2,(H2,22,30,31)(H3,21,23,25,26). The number of rotatable bonds is 4. The van der Waals surface area contributed by atoms with Crippen LogP contribution in [0.4, 0.5) is 21.7 Å². The number of nitrogens with two attached hydrogens (primary N) is 2. The Bertz CT molecular complexity index is 1450. The third-order valence-electron chi connectivity index (χ3n) is 5.07. The summed E-state index contributed by atoms with van der Waals surface area (Å²) in [6.07, 6.45) is 1.61. The van der Waals surface area contributed by atoms with E-state index in [1.54, 1.807) is 41.2 Å². The Morgan fingerprint density at radius 3 is 2.75 bits per heavy atom. The highest BCUT2D eigenvalue weighted by Crippen LogP contribution is 2.36. The van der Waals surface area contributed by atoms with Crippen molar-refractivity contribution < 1.29 is 12.8 Å². The van der Waals surface area contributed by atoms with Gasteiger partial charge in [0.2, 0.25) is 0 Å². The number of hydrogen-bond donors (Lipinski definition) is 3. The highest BCUT2D eigenvalue weighted by molar-refractivity contribution is 7.90. The van der Waals surface area contributed by atoms with E-state index in [1.165, 1.54) is 6.07 Å². The van der Waals surface area contributed by atoms with Gasteiger partial charge in [0.15, 0.2) is 23.1 Å². The molecule has 1 aliphatic rings. The van der Waals surface area contributed by atoms with Crippen molar-refractivity contribution in [2.24, 2.45) is 5.14 Å². The Morgan fingerprint density at radius 1 is 1.16 bits per heavy atom. The molecule has 0 unspecified atom stereocenters. The van der Waals surface area contributed by atoms with Crippen LogP contribution in [0.25, 0.3) is 22.6 Å². The van der Waals surface area contributed by atoms with Gasteiger partial charge < -0.3 is 11.1 Å². The van der Waals surface area contributed by atoms with Crippen LogP contribution in [-0.2, 0) is 16.8 Å². The lowest BCUT2D eigenvalue weighted by atomic mass is 10.2. The van der Waals surface area contributed by atoms with E-state index in [1.807, 2.05) is 0 Å². The topological polar surface area (TPSA) is 158 Å². The summed E-state index contributed by atoms with van der Waals surface area (Å²) >= 11 is 0. The van der Waals surface area contributed by atoms with Crippen molar-refractivity contribution >= 4 is 38.6 Å². The largest absolute Gasteiger partial charge is 0.382 e. The number of pyridine rings is 1. The Balaban J connectivity index is 1.65. The van der Waals surface area contributed by atoms with Crippen LogP contribution in [0.15, 0.2) is 42.6 Å². The van der Waals surface area contributed by atoms with Gasteiger partial charge in [0.05, 0.1) is 18.5 Å². The Labute approximate surface area is 182 Å². The molecule has 0 saturated carbocycles. The number of aromatic nitrogens is 5. The molecule has 0 radical (unpaired) electrons. The second kappa shape index (κ2) is 7.39. The summed E-state index contributed by atoms with van der Waals surface area (Å²) in [4.78, 5) is 13.1. The first-order valence-electron chi connectivity index (χ1n) is 9.60. The molecule has 32 heavy (non-hydrogen) atoms. The van der Waals surface area contributed by atoms with E-state index < -0.39 is 10.2 Å². The van der Waals surface area contributed by atoms with Gasteiger partial charge in [-0.1, -0.05) is 18.2 Å². The molecule has 0 bridgehead atoms. The summed E-state index contributed by atoms with van der Waals surface area (Å²) in [5, 5.41) is 13.6. The maximum atomic E-state index is 14.2. The van der Waals surface area contributed by atoms with Crippen LogP contribution in [0, 0.1) is 5.82 Å². The molecule has 5 rings (SSSR count). The molecule has 0 fully saturated rings. The number of benzene rings is 1. The van der Waals surface area contributed by atoms with Crippen LogP contribution < -0.4 is 20.5 Å². The smallest absolute Gasteiger partial charge is 0.299 e. The van der Waals surface area contributed by atoms with Crippen LogP contribution in [0.5, 0.6) is 0 Å². The molecule has 4 aromatic rings. The molecular formula is C19H18FN9O2S. The highest BCUT2D eigenvalue weighted by atomic mass is 32.2. The van der Waals surface area contributed by atoms with Crippen molar-refractivity contribution in [3.8, 4) is 11.5 Å². The van der Waals surface area contributed by atoms with E-state index in [0.29, 0.717) is 28.8 Å². The van der Waals surface area contributed by atoms with E-state index in [9.17, 15) is 12.8 Å². The Hall–Kier alpha value is -3.84. The van der Waals surface area contributed by atoms with E-state index in [-0.39, 0.29) is 42.1 Å². The van der Waals surface area contributed by atoms with Gasteiger partial charge in [-0.2, -0.15) is 13.5 Å². The van der Waals surface area contributed by atoms with Crippen molar-refractivity contribution in [1.82, 2.24) is 24.7 Å². The predicted octanol–water partition coefficient (Wildman–Crippen LogP) is 1.09. The number of halogens is 1. The van der Waals surface area contributed by atoms with E-state index >= 15 is 0 Å². The van der Waals surface area contributed by atoms with Crippen LogP contribution in [-0.4, -0.2) is 46.2 Å². The second-order valence-corrected chi connectivity index (χ2v) is 8.62. The molecular weight excluding hydrogens is 437 g/mol. The normalized spacial score (nSPS) is 13.8. The Kier molecular flexibility index (Phi) is 4.64. The van der Waals surface area contributed by atoms with Gasteiger partial charge in [-0.05, 0) is 18.2 Å². The molecule has 1 aromatic carbocycles. The van der Waals surface area contributed by atoms with Gasteiger partial charge in [0.1, 0.15) is 17.2 Å². The van der Waals surface area contributed by atoms with Crippen molar-refractivity contribution in [2.75, 3.05) is 28.4 Å². The van der Waals surface area contributed by atoms with Gasteiger partial charge in [0, 0.05) is 18.3 Å². The first kappa shape index (κ1) is 20.1. The summed E-state index contributed by atoms with van der Waals surface area (Å²) in [6, 6.07) is 9.95. The third-order valence-corrected chi connectivity index (χ3v) is 6.05. The molecule has 1 aliphatic heterocycles. The molecule has 0 saturated heterocycles. The molecule has 0 spiro atoms. The number of hydrogen-bond acceptors (Lipinski definition) is 8. The van der Waals surface area contributed by atoms with Gasteiger partial charge in [-0.15, -0.1) is 0 Å². The lowest BCUT2D eigenvalue weighted by molar-refractivity contribution is 0.589. The zero-order chi connectivity index (χ0) is 22.5. The molecule has 0 atom stereocenters.